The molecule has 1 unspecified atom stereocenters. The number of carbonyl (C=O) groups excluding carboxylic acids is 1. The molecule has 0 aliphatic carbocycles. The molecule has 0 spiro atoms. The highest BCUT2D eigenvalue weighted by Crippen LogP contribution is 2.25. The normalized spacial score (nSPS) is 13.5. The van der Waals surface area contributed by atoms with Gasteiger partial charge in [-0.15, -0.1) is 10.2 Å². The maximum absolute atomic E-state index is 11.3. The fourth-order valence-corrected chi connectivity index (χ4v) is 2.04. The number of rotatable bonds is 3. The topological polar surface area (TPSA) is 83.0 Å². The van der Waals surface area contributed by atoms with Gasteiger partial charge in [0.25, 0.3) is 0 Å². The fraction of sp³-hybridized carbons (Fsp3) is 0.700. The van der Waals surface area contributed by atoms with E-state index in [1.807, 2.05) is 20.8 Å². The number of nitrogens with zero attached hydrogens (tertiary/aromatic N) is 3. The van der Waals surface area contributed by atoms with Crippen molar-refractivity contribution < 1.29 is 9.53 Å². The van der Waals surface area contributed by atoms with Crippen LogP contribution in [0.1, 0.15) is 33.5 Å². The smallest absolute Gasteiger partial charge is 0.318 e. The lowest BCUT2D eigenvalue weighted by Gasteiger charge is -2.16. The van der Waals surface area contributed by atoms with Gasteiger partial charge in [-0.2, -0.15) is 0 Å². The summed E-state index contributed by atoms with van der Waals surface area (Å²) in [5.74, 6) is 6.27. The maximum atomic E-state index is 11.3. The second-order valence-corrected chi connectivity index (χ2v) is 6.02. The zero-order chi connectivity index (χ0) is 13.2. The predicted octanol–water partition coefficient (Wildman–Crippen LogP) is 0.943. The fourth-order valence-electron chi connectivity index (χ4n) is 1.24. The van der Waals surface area contributed by atoms with Crippen molar-refractivity contribution in [2.24, 2.45) is 0 Å². The first-order valence-electron chi connectivity index (χ1n) is 5.22. The van der Waals surface area contributed by atoms with Crippen LogP contribution < -0.4 is 5.84 Å². The number of hydrogen-bond donors (Lipinski definition) is 1. The lowest BCUT2D eigenvalue weighted by Crippen LogP contribution is -2.25. The second-order valence-electron chi connectivity index (χ2n) is 4.71. The van der Waals surface area contributed by atoms with E-state index in [2.05, 4.69) is 14.9 Å². The minimum atomic E-state index is -0.362. The van der Waals surface area contributed by atoms with Crippen molar-refractivity contribution in [2.45, 2.75) is 43.5 Å². The Balaban J connectivity index is 2.88. The molecule has 96 valence electrons. The molecule has 0 amide bonds. The van der Waals surface area contributed by atoms with Crippen LogP contribution in [0.15, 0.2) is 5.16 Å². The van der Waals surface area contributed by atoms with E-state index in [-0.39, 0.29) is 16.6 Å². The van der Waals surface area contributed by atoms with Gasteiger partial charge in [-0.05, 0) is 6.92 Å². The number of methoxy groups -OCH3 is 1. The SMILES string of the molecule is COC(=O)C(C)Sc1nnc(C(C)(C)C)n1N. The minimum absolute atomic E-state index is 0.185. The van der Waals surface area contributed by atoms with E-state index in [0.29, 0.717) is 11.0 Å². The summed E-state index contributed by atoms with van der Waals surface area (Å²) < 4.78 is 6.06. The maximum Gasteiger partial charge on any atom is 0.318 e. The largest absolute Gasteiger partial charge is 0.468 e. The molecule has 6 nitrogen and oxygen atoms in total. The Labute approximate surface area is 105 Å². The molecule has 1 aromatic heterocycles. The molecular weight excluding hydrogens is 240 g/mol. The van der Waals surface area contributed by atoms with Crippen LogP contribution in [0, 0.1) is 0 Å². The highest BCUT2D eigenvalue weighted by Gasteiger charge is 2.25. The third kappa shape index (κ3) is 3.12. The molecule has 1 heterocycles. The van der Waals surface area contributed by atoms with Crippen molar-refractivity contribution in [1.29, 1.82) is 0 Å². The summed E-state index contributed by atoms with van der Waals surface area (Å²) in [6.45, 7) is 7.73. The standard InChI is InChI=1S/C10H18N4O2S/c1-6(7(15)16-5)17-9-13-12-8(14(9)11)10(2,3)4/h6H,11H2,1-5H3. The van der Waals surface area contributed by atoms with Crippen LogP contribution in [0.2, 0.25) is 0 Å². The van der Waals surface area contributed by atoms with Gasteiger partial charge in [-0.25, -0.2) is 4.68 Å². The van der Waals surface area contributed by atoms with Crippen molar-refractivity contribution in [1.82, 2.24) is 14.9 Å². The Bertz CT molecular complexity index is 411. The third-order valence-electron chi connectivity index (χ3n) is 2.15. The summed E-state index contributed by atoms with van der Waals surface area (Å²) in [4.78, 5) is 11.3. The summed E-state index contributed by atoms with van der Waals surface area (Å²) in [5, 5.41) is 8.17. The number of aromatic nitrogens is 3. The first-order valence-corrected chi connectivity index (χ1v) is 6.10. The minimum Gasteiger partial charge on any atom is -0.468 e. The summed E-state index contributed by atoms with van der Waals surface area (Å²) in [6.07, 6.45) is 0. The first-order chi connectivity index (χ1) is 7.77. The van der Waals surface area contributed by atoms with Crippen molar-refractivity contribution in [3.05, 3.63) is 5.82 Å². The van der Waals surface area contributed by atoms with Gasteiger partial charge in [0.15, 0.2) is 5.82 Å². The zero-order valence-electron chi connectivity index (χ0n) is 10.7. The third-order valence-corrected chi connectivity index (χ3v) is 3.19. The van der Waals surface area contributed by atoms with Gasteiger partial charge in [0.05, 0.1) is 7.11 Å². The van der Waals surface area contributed by atoms with Gasteiger partial charge in [0.2, 0.25) is 5.16 Å². The highest BCUT2D eigenvalue weighted by molar-refractivity contribution is 8.00. The second kappa shape index (κ2) is 4.95. The molecule has 0 saturated heterocycles. The van der Waals surface area contributed by atoms with E-state index in [0.717, 1.165) is 0 Å². The van der Waals surface area contributed by atoms with Crippen LogP contribution in [0.4, 0.5) is 0 Å². The number of nitrogen functional groups attached to an aromatic ring is 1. The lowest BCUT2D eigenvalue weighted by molar-refractivity contribution is -0.139. The molecule has 1 atom stereocenters. The van der Waals surface area contributed by atoms with Crippen LogP contribution in [0.3, 0.4) is 0 Å². The molecule has 0 fully saturated rings. The lowest BCUT2D eigenvalue weighted by atomic mass is 9.96. The van der Waals surface area contributed by atoms with Crippen LogP contribution in [0.25, 0.3) is 0 Å². The van der Waals surface area contributed by atoms with Crippen molar-refractivity contribution in [3.8, 4) is 0 Å². The van der Waals surface area contributed by atoms with Crippen LogP contribution in [-0.4, -0.2) is 33.2 Å². The van der Waals surface area contributed by atoms with E-state index < -0.39 is 0 Å². The molecule has 0 aliphatic heterocycles. The molecule has 0 bridgehead atoms. The molecule has 1 aromatic rings. The Morgan fingerprint density at radius 1 is 1.47 bits per heavy atom. The van der Waals surface area contributed by atoms with E-state index >= 15 is 0 Å². The van der Waals surface area contributed by atoms with Gasteiger partial charge in [-0.3, -0.25) is 4.79 Å². The monoisotopic (exact) mass is 258 g/mol. The molecular formula is C10H18N4O2S. The molecule has 1 rings (SSSR count). The average molecular weight is 258 g/mol. The molecule has 0 radical (unpaired) electrons. The number of thioether (sulfide) groups is 1. The van der Waals surface area contributed by atoms with Crippen LogP contribution in [-0.2, 0) is 14.9 Å². The Hall–Kier alpha value is -1.24. The zero-order valence-corrected chi connectivity index (χ0v) is 11.5. The van der Waals surface area contributed by atoms with E-state index in [1.165, 1.54) is 23.5 Å². The summed E-state index contributed by atoms with van der Waals surface area (Å²) in [5.41, 5.74) is -0.185. The number of hydrogen-bond acceptors (Lipinski definition) is 6. The van der Waals surface area contributed by atoms with Gasteiger partial charge in [0.1, 0.15) is 5.25 Å². The summed E-state index contributed by atoms with van der Waals surface area (Å²) >= 11 is 1.23. The van der Waals surface area contributed by atoms with E-state index in [1.54, 1.807) is 6.92 Å². The number of nitrogens with two attached hydrogens (primary N) is 1. The van der Waals surface area contributed by atoms with Crippen molar-refractivity contribution in [3.63, 3.8) is 0 Å². The van der Waals surface area contributed by atoms with Gasteiger partial charge < -0.3 is 10.6 Å². The molecule has 0 saturated carbocycles. The van der Waals surface area contributed by atoms with Crippen LogP contribution >= 0.6 is 11.8 Å². The quantitative estimate of drug-likeness (QED) is 0.493. The molecule has 7 heteroatoms. The number of ether oxygens (including phenoxy) is 1. The number of esters is 1. The van der Waals surface area contributed by atoms with Gasteiger partial charge in [0, 0.05) is 5.41 Å². The molecule has 0 aromatic carbocycles. The van der Waals surface area contributed by atoms with Crippen molar-refractivity contribution in [2.75, 3.05) is 13.0 Å². The molecule has 2 N–H and O–H groups in total. The number of carbonyl (C=O) groups is 1. The van der Waals surface area contributed by atoms with Crippen molar-refractivity contribution >= 4 is 17.7 Å². The predicted molar refractivity (Wildman–Crippen MR) is 66.2 cm³/mol. The van der Waals surface area contributed by atoms with E-state index in [9.17, 15) is 4.79 Å². The highest BCUT2D eigenvalue weighted by atomic mass is 32.2. The Kier molecular flexibility index (Phi) is 4.03. The summed E-state index contributed by atoms with van der Waals surface area (Å²) in [6, 6.07) is 0. The first kappa shape index (κ1) is 13.8. The molecule has 17 heavy (non-hydrogen) atoms. The van der Waals surface area contributed by atoms with Gasteiger partial charge in [-0.1, -0.05) is 32.5 Å². The van der Waals surface area contributed by atoms with Crippen LogP contribution in [0.5, 0.6) is 0 Å². The molecule has 0 aliphatic rings. The van der Waals surface area contributed by atoms with E-state index in [4.69, 9.17) is 5.84 Å². The van der Waals surface area contributed by atoms with Gasteiger partial charge >= 0.3 is 5.97 Å². The average Bonchev–Trinajstić information content (AvgIpc) is 2.58. The summed E-state index contributed by atoms with van der Waals surface area (Å²) in [7, 11) is 1.35. The Morgan fingerprint density at radius 2 is 2.06 bits per heavy atom. The Morgan fingerprint density at radius 3 is 2.47 bits per heavy atom.